The monoisotopic (exact) mass is 300 g/mol. The molecule has 0 unspecified atom stereocenters. The molecule has 0 radical (unpaired) electrons. The summed E-state index contributed by atoms with van der Waals surface area (Å²) < 4.78 is 5.54. The minimum absolute atomic E-state index is 0.0598. The van der Waals surface area contributed by atoms with Crippen LogP contribution in [-0.4, -0.2) is 21.0 Å². The van der Waals surface area contributed by atoms with Crippen molar-refractivity contribution >= 4 is 28.5 Å². The van der Waals surface area contributed by atoms with Crippen molar-refractivity contribution in [3.05, 3.63) is 59.4 Å². The number of carbonyl (C=O) groups is 1. The Labute approximate surface area is 124 Å². The van der Waals surface area contributed by atoms with Gasteiger partial charge in [0.05, 0.1) is 28.5 Å². The van der Waals surface area contributed by atoms with E-state index in [-0.39, 0.29) is 16.5 Å². The molecular weight excluding hydrogens is 292 g/mol. The molecule has 0 atom stereocenters. The molecule has 21 heavy (non-hydrogen) atoms. The van der Waals surface area contributed by atoms with Gasteiger partial charge in [0.1, 0.15) is 5.75 Å². The van der Waals surface area contributed by atoms with E-state index >= 15 is 0 Å². The van der Waals surface area contributed by atoms with Crippen LogP contribution in [0.1, 0.15) is 10.4 Å². The quantitative estimate of drug-likeness (QED) is 0.797. The fourth-order valence-corrected chi connectivity index (χ4v) is 2.05. The number of carboxylic acids is 1. The van der Waals surface area contributed by atoms with Crippen molar-refractivity contribution in [3.8, 4) is 11.6 Å². The van der Waals surface area contributed by atoms with E-state index in [1.807, 2.05) is 24.3 Å². The molecule has 0 aliphatic rings. The molecule has 5 nitrogen and oxygen atoms in total. The van der Waals surface area contributed by atoms with Gasteiger partial charge in [0.15, 0.2) is 0 Å². The van der Waals surface area contributed by atoms with Crippen LogP contribution in [0, 0.1) is 0 Å². The predicted octanol–water partition coefficient (Wildman–Crippen LogP) is 3.77. The third kappa shape index (κ3) is 2.78. The summed E-state index contributed by atoms with van der Waals surface area (Å²) in [6, 6.07) is 10.7. The summed E-state index contributed by atoms with van der Waals surface area (Å²) in [6.45, 7) is 0. The normalized spacial score (nSPS) is 10.5. The number of halogens is 1. The number of carboxylic acid groups (broad SMARTS) is 1. The Morgan fingerprint density at radius 1 is 1.14 bits per heavy atom. The first-order chi connectivity index (χ1) is 10.1. The zero-order valence-electron chi connectivity index (χ0n) is 10.7. The highest BCUT2D eigenvalue weighted by Crippen LogP contribution is 2.25. The zero-order valence-corrected chi connectivity index (χ0v) is 11.4. The maximum absolute atomic E-state index is 11.0. The van der Waals surface area contributed by atoms with Crippen molar-refractivity contribution in [2.24, 2.45) is 0 Å². The molecule has 3 rings (SSSR count). The molecule has 2 aromatic heterocycles. The second-order valence-corrected chi connectivity index (χ2v) is 4.68. The molecule has 0 spiro atoms. The van der Waals surface area contributed by atoms with Gasteiger partial charge >= 0.3 is 5.97 Å². The van der Waals surface area contributed by atoms with Gasteiger partial charge in [-0.05, 0) is 12.1 Å². The molecule has 0 amide bonds. The molecular formula is C15H9ClN2O3. The van der Waals surface area contributed by atoms with Crippen LogP contribution >= 0.6 is 11.6 Å². The van der Waals surface area contributed by atoms with Crippen LogP contribution in [0.4, 0.5) is 0 Å². The Bertz CT molecular complexity index is 836. The zero-order chi connectivity index (χ0) is 14.8. The lowest BCUT2D eigenvalue weighted by molar-refractivity contribution is 0.0696. The Morgan fingerprint density at radius 2 is 1.95 bits per heavy atom. The number of rotatable bonds is 3. The fraction of sp³-hybridized carbons (Fsp3) is 0. The van der Waals surface area contributed by atoms with Gasteiger partial charge in [-0.15, -0.1) is 0 Å². The molecule has 0 fully saturated rings. The van der Waals surface area contributed by atoms with Gasteiger partial charge in [-0.25, -0.2) is 9.78 Å². The number of aromatic carboxylic acids is 1. The third-order valence-electron chi connectivity index (χ3n) is 2.85. The average molecular weight is 301 g/mol. The SMILES string of the molecule is O=C(O)c1cc(Oc2cnc3ccccc3c2)ncc1Cl. The smallest absolute Gasteiger partial charge is 0.337 e. The first-order valence-corrected chi connectivity index (χ1v) is 6.43. The van der Waals surface area contributed by atoms with Gasteiger partial charge in [-0.1, -0.05) is 29.8 Å². The first-order valence-electron chi connectivity index (χ1n) is 6.05. The number of hydrogen-bond acceptors (Lipinski definition) is 4. The van der Waals surface area contributed by atoms with Crippen LogP contribution in [0.3, 0.4) is 0 Å². The van der Waals surface area contributed by atoms with Gasteiger partial charge in [-0.2, -0.15) is 0 Å². The van der Waals surface area contributed by atoms with Gasteiger partial charge in [0, 0.05) is 11.5 Å². The van der Waals surface area contributed by atoms with Crippen LogP contribution in [0.5, 0.6) is 11.6 Å². The Hall–Kier alpha value is -2.66. The summed E-state index contributed by atoms with van der Waals surface area (Å²) in [5.41, 5.74) is 0.788. The van der Waals surface area contributed by atoms with Gasteiger partial charge < -0.3 is 9.84 Å². The van der Waals surface area contributed by atoms with Crippen molar-refractivity contribution in [2.75, 3.05) is 0 Å². The topological polar surface area (TPSA) is 72.3 Å². The number of para-hydroxylation sites is 1. The molecule has 1 aromatic carbocycles. The van der Waals surface area contributed by atoms with Crippen molar-refractivity contribution in [1.29, 1.82) is 0 Å². The lowest BCUT2D eigenvalue weighted by Gasteiger charge is -2.07. The lowest BCUT2D eigenvalue weighted by atomic mass is 10.2. The van der Waals surface area contributed by atoms with E-state index in [1.54, 1.807) is 12.3 Å². The minimum atomic E-state index is -1.14. The summed E-state index contributed by atoms with van der Waals surface area (Å²) in [7, 11) is 0. The number of benzene rings is 1. The Morgan fingerprint density at radius 3 is 2.76 bits per heavy atom. The number of ether oxygens (including phenoxy) is 1. The summed E-state index contributed by atoms with van der Waals surface area (Å²) in [5.74, 6) is -0.516. The number of aromatic nitrogens is 2. The molecule has 0 aliphatic carbocycles. The highest BCUT2D eigenvalue weighted by atomic mass is 35.5. The third-order valence-corrected chi connectivity index (χ3v) is 3.15. The largest absolute Gasteiger partial charge is 0.478 e. The first kappa shape index (κ1) is 13.3. The molecule has 0 saturated heterocycles. The molecule has 0 aliphatic heterocycles. The minimum Gasteiger partial charge on any atom is -0.478 e. The predicted molar refractivity (Wildman–Crippen MR) is 78.0 cm³/mol. The molecule has 3 aromatic rings. The molecule has 1 N–H and O–H groups in total. The number of nitrogens with zero attached hydrogens (tertiary/aromatic N) is 2. The number of pyridine rings is 2. The maximum Gasteiger partial charge on any atom is 0.337 e. The van der Waals surface area contributed by atoms with Crippen LogP contribution in [0.15, 0.2) is 48.8 Å². The van der Waals surface area contributed by atoms with Crippen LogP contribution in [-0.2, 0) is 0 Å². The van der Waals surface area contributed by atoms with E-state index in [9.17, 15) is 4.79 Å². The van der Waals surface area contributed by atoms with Crippen LogP contribution in [0.2, 0.25) is 5.02 Å². The standard InChI is InChI=1S/C15H9ClN2O3/c16-12-8-18-14(6-11(12)15(19)20)21-10-5-9-3-1-2-4-13(9)17-7-10/h1-8H,(H,19,20). The van der Waals surface area contributed by atoms with Crippen molar-refractivity contribution in [2.45, 2.75) is 0 Å². The van der Waals surface area contributed by atoms with Crippen LogP contribution < -0.4 is 4.74 Å². The van der Waals surface area contributed by atoms with E-state index < -0.39 is 5.97 Å². The number of fused-ring (bicyclic) bond motifs is 1. The van der Waals surface area contributed by atoms with Crippen molar-refractivity contribution < 1.29 is 14.6 Å². The number of hydrogen-bond donors (Lipinski definition) is 1. The van der Waals surface area contributed by atoms with E-state index in [4.69, 9.17) is 21.4 Å². The average Bonchev–Trinajstić information content (AvgIpc) is 2.49. The summed E-state index contributed by atoms with van der Waals surface area (Å²) in [4.78, 5) is 19.2. The summed E-state index contributed by atoms with van der Waals surface area (Å²) in [5, 5.41) is 10.00. The fourth-order valence-electron chi connectivity index (χ4n) is 1.87. The van der Waals surface area contributed by atoms with Crippen molar-refractivity contribution in [3.63, 3.8) is 0 Å². The van der Waals surface area contributed by atoms with Gasteiger partial charge in [-0.3, -0.25) is 4.98 Å². The second-order valence-electron chi connectivity index (χ2n) is 4.27. The van der Waals surface area contributed by atoms with E-state index in [0.717, 1.165) is 10.9 Å². The van der Waals surface area contributed by atoms with E-state index in [0.29, 0.717) is 5.75 Å². The molecule has 6 heteroatoms. The lowest BCUT2D eigenvalue weighted by Crippen LogP contribution is -1.99. The van der Waals surface area contributed by atoms with Gasteiger partial charge in [0.2, 0.25) is 5.88 Å². The highest BCUT2D eigenvalue weighted by Gasteiger charge is 2.11. The van der Waals surface area contributed by atoms with Crippen LogP contribution in [0.25, 0.3) is 10.9 Å². The molecule has 0 bridgehead atoms. The van der Waals surface area contributed by atoms with Crippen molar-refractivity contribution in [1.82, 2.24) is 9.97 Å². The Kier molecular flexibility index (Phi) is 3.41. The highest BCUT2D eigenvalue weighted by molar-refractivity contribution is 6.33. The molecule has 104 valence electrons. The van der Waals surface area contributed by atoms with E-state index in [1.165, 1.54) is 12.3 Å². The molecule has 0 saturated carbocycles. The summed E-state index contributed by atoms with van der Waals surface area (Å²) >= 11 is 5.76. The Balaban J connectivity index is 1.94. The maximum atomic E-state index is 11.0. The second kappa shape index (κ2) is 5.38. The summed E-state index contributed by atoms with van der Waals surface area (Å²) in [6.07, 6.45) is 2.80. The molecule has 2 heterocycles. The van der Waals surface area contributed by atoms with E-state index in [2.05, 4.69) is 9.97 Å². The van der Waals surface area contributed by atoms with Gasteiger partial charge in [0.25, 0.3) is 0 Å².